The van der Waals surface area contributed by atoms with E-state index in [1.165, 1.54) is 25.3 Å². The summed E-state index contributed by atoms with van der Waals surface area (Å²) in [6.07, 6.45) is 4.85. The summed E-state index contributed by atoms with van der Waals surface area (Å²) in [5.74, 6) is 0.252. The van der Waals surface area contributed by atoms with Crippen molar-refractivity contribution in [3.8, 4) is 6.07 Å². The Hall–Kier alpha value is -1.56. The normalized spacial score (nSPS) is 23.4. The number of halogens is 1. The van der Waals surface area contributed by atoms with Gasteiger partial charge in [-0.2, -0.15) is 5.26 Å². The van der Waals surface area contributed by atoms with Gasteiger partial charge in [0.15, 0.2) is 0 Å². The molecule has 0 radical (unpaired) electrons. The maximum absolute atomic E-state index is 13.2. The monoisotopic (exact) mass is 232 g/mol. The van der Waals surface area contributed by atoms with Gasteiger partial charge in [0.05, 0.1) is 5.56 Å². The van der Waals surface area contributed by atoms with Crippen molar-refractivity contribution < 1.29 is 4.39 Å². The van der Waals surface area contributed by atoms with E-state index >= 15 is 0 Å². The molecule has 0 bridgehead atoms. The van der Waals surface area contributed by atoms with Crippen molar-refractivity contribution in [3.05, 3.63) is 29.6 Å². The Kier molecular flexibility index (Phi) is 3.63. The van der Waals surface area contributed by atoms with E-state index in [4.69, 9.17) is 5.26 Å². The minimum absolute atomic E-state index is 0.112. The molecule has 2 rings (SSSR count). The van der Waals surface area contributed by atoms with Gasteiger partial charge in [-0.15, -0.1) is 0 Å². The lowest BCUT2D eigenvalue weighted by molar-refractivity contribution is 0.489. The highest BCUT2D eigenvalue weighted by Crippen LogP contribution is 2.31. The summed E-state index contributed by atoms with van der Waals surface area (Å²) in [6, 6.07) is 7.01. The van der Waals surface area contributed by atoms with E-state index in [1.54, 1.807) is 12.1 Å². The lowest BCUT2D eigenvalue weighted by atomic mass is 10.0. The first-order valence-corrected chi connectivity index (χ1v) is 6.20. The van der Waals surface area contributed by atoms with Crippen molar-refractivity contribution in [2.24, 2.45) is 5.92 Å². The third-order valence-corrected chi connectivity index (χ3v) is 3.62. The predicted molar refractivity (Wildman–Crippen MR) is 66.2 cm³/mol. The molecule has 1 aliphatic carbocycles. The first kappa shape index (κ1) is 11.9. The third kappa shape index (κ3) is 2.58. The fraction of sp³-hybridized carbons (Fsp3) is 0.500. The first-order chi connectivity index (χ1) is 8.24. The molecule has 2 nitrogen and oxygen atoms in total. The number of nitrogens with one attached hydrogen (secondary N) is 1. The summed E-state index contributed by atoms with van der Waals surface area (Å²) >= 11 is 0. The van der Waals surface area contributed by atoms with Crippen molar-refractivity contribution in [3.63, 3.8) is 0 Å². The molecule has 0 amide bonds. The topological polar surface area (TPSA) is 35.8 Å². The number of benzene rings is 1. The minimum Gasteiger partial charge on any atom is -0.382 e. The molecule has 17 heavy (non-hydrogen) atoms. The van der Waals surface area contributed by atoms with E-state index in [9.17, 15) is 4.39 Å². The molecule has 1 aliphatic rings. The summed E-state index contributed by atoms with van der Waals surface area (Å²) in [5.41, 5.74) is 0.967. The van der Waals surface area contributed by atoms with Crippen LogP contribution in [0.2, 0.25) is 0 Å². The molecular weight excluding hydrogens is 215 g/mol. The lowest BCUT2D eigenvalue weighted by Gasteiger charge is -2.21. The molecule has 1 aromatic carbocycles. The molecule has 0 heterocycles. The summed E-state index contributed by atoms with van der Waals surface area (Å²) < 4.78 is 13.2. The Balaban J connectivity index is 2.11. The van der Waals surface area contributed by atoms with Crippen LogP contribution in [0.15, 0.2) is 18.2 Å². The number of nitrogens with zero attached hydrogens (tertiary/aromatic N) is 1. The molecule has 1 N–H and O–H groups in total. The van der Waals surface area contributed by atoms with Crippen molar-refractivity contribution in [2.75, 3.05) is 5.32 Å². The lowest BCUT2D eigenvalue weighted by Crippen LogP contribution is -2.23. The molecule has 90 valence electrons. The van der Waals surface area contributed by atoms with Crippen molar-refractivity contribution in [2.45, 2.75) is 38.6 Å². The van der Waals surface area contributed by atoms with E-state index in [0.717, 1.165) is 12.1 Å². The molecule has 3 heteroatoms. The van der Waals surface area contributed by atoms with Gasteiger partial charge in [0.1, 0.15) is 11.9 Å². The smallest absolute Gasteiger partial charge is 0.141 e. The molecule has 1 aromatic rings. The van der Waals surface area contributed by atoms with Gasteiger partial charge in [-0.1, -0.05) is 19.8 Å². The van der Waals surface area contributed by atoms with E-state index < -0.39 is 5.82 Å². The maximum atomic E-state index is 13.2. The number of hydrogen-bond acceptors (Lipinski definition) is 2. The van der Waals surface area contributed by atoms with Gasteiger partial charge in [0.2, 0.25) is 0 Å². The summed E-state index contributed by atoms with van der Waals surface area (Å²) in [6.45, 7) is 2.20. The zero-order chi connectivity index (χ0) is 12.3. The van der Waals surface area contributed by atoms with Crippen LogP contribution >= 0.6 is 0 Å². The molecule has 2 unspecified atom stereocenters. The van der Waals surface area contributed by atoms with Crippen molar-refractivity contribution >= 4 is 5.69 Å². The molecule has 1 saturated carbocycles. The third-order valence-electron chi connectivity index (χ3n) is 3.62. The Labute approximate surface area is 101 Å². The zero-order valence-corrected chi connectivity index (χ0v) is 10.0. The molecule has 0 aromatic heterocycles. The quantitative estimate of drug-likeness (QED) is 0.862. The van der Waals surface area contributed by atoms with Crippen molar-refractivity contribution in [1.82, 2.24) is 0 Å². The second kappa shape index (κ2) is 5.18. The van der Waals surface area contributed by atoms with Crippen LogP contribution in [0.3, 0.4) is 0 Å². The van der Waals surface area contributed by atoms with Crippen LogP contribution in [-0.2, 0) is 0 Å². The van der Waals surface area contributed by atoms with Gasteiger partial charge in [-0.25, -0.2) is 4.39 Å². The maximum Gasteiger partial charge on any atom is 0.141 e. The molecule has 0 aliphatic heterocycles. The highest BCUT2D eigenvalue weighted by molar-refractivity contribution is 5.50. The average Bonchev–Trinajstić information content (AvgIpc) is 2.79. The summed E-state index contributed by atoms with van der Waals surface area (Å²) in [4.78, 5) is 0. The fourth-order valence-corrected chi connectivity index (χ4v) is 2.63. The number of hydrogen-bond donors (Lipinski definition) is 1. The first-order valence-electron chi connectivity index (χ1n) is 6.20. The van der Waals surface area contributed by atoms with Crippen LogP contribution in [-0.4, -0.2) is 6.04 Å². The summed E-state index contributed by atoms with van der Waals surface area (Å²) in [5, 5.41) is 12.2. The van der Waals surface area contributed by atoms with Crippen LogP contribution in [0.1, 0.15) is 38.2 Å². The molecular formula is C14H17FN2. The van der Waals surface area contributed by atoms with E-state index in [-0.39, 0.29) is 5.56 Å². The molecule has 2 atom stereocenters. The number of rotatable bonds is 3. The van der Waals surface area contributed by atoms with Gasteiger partial charge in [0, 0.05) is 11.7 Å². The minimum atomic E-state index is -0.448. The molecule has 0 saturated heterocycles. The number of anilines is 1. The average molecular weight is 232 g/mol. The van der Waals surface area contributed by atoms with Gasteiger partial charge in [-0.05, 0) is 37.0 Å². The van der Waals surface area contributed by atoms with E-state index in [0.29, 0.717) is 12.0 Å². The molecule has 1 fully saturated rings. The van der Waals surface area contributed by atoms with Gasteiger partial charge in [-0.3, -0.25) is 0 Å². The SMILES string of the molecule is CCC1CCCC1Nc1ccc(F)c(C#N)c1. The van der Waals surface area contributed by atoms with E-state index in [2.05, 4.69) is 12.2 Å². The second-order valence-electron chi connectivity index (χ2n) is 4.66. The predicted octanol–water partition coefficient (Wildman–Crippen LogP) is 3.69. The Morgan fingerprint density at radius 1 is 1.47 bits per heavy atom. The highest BCUT2D eigenvalue weighted by Gasteiger charge is 2.25. The Bertz CT molecular complexity index is 436. The standard InChI is InChI=1S/C14H17FN2/c1-2-10-4-3-5-14(10)17-12-6-7-13(15)11(8-12)9-16/h6-8,10,14,17H,2-5H2,1H3. The van der Waals surface area contributed by atoms with Crippen LogP contribution in [0.4, 0.5) is 10.1 Å². The van der Waals surface area contributed by atoms with Gasteiger partial charge >= 0.3 is 0 Å². The van der Waals surface area contributed by atoms with Crippen LogP contribution in [0.5, 0.6) is 0 Å². The largest absolute Gasteiger partial charge is 0.382 e. The van der Waals surface area contributed by atoms with Crippen molar-refractivity contribution in [1.29, 1.82) is 5.26 Å². The van der Waals surface area contributed by atoms with Gasteiger partial charge in [0.25, 0.3) is 0 Å². The fourth-order valence-electron chi connectivity index (χ4n) is 2.63. The van der Waals surface area contributed by atoms with E-state index in [1.807, 2.05) is 6.07 Å². The zero-order valence-electron chi connectivity index (χ0n) is 10.0. The number of nitriles is 1. The molecule has 0 spiro atoms. The van der Waals surface area contributed by atoms with Crippen LogP contribution in [0, 0.1) is 23.1 Å². The van der Waals surface area contributed by atoms with Crippen LogP contribution in [0.25, 0.3) is 0 Å². The summed E-state index contributed by atoms with van der Waals surface area (Å²) in [7, 11) is 0. The Morgan fingerprint density at radius 3 is 3.00 bits per heavy atom. The van der Waals surface area contributed by atoms with Crippen LogP contribution < -0.4 is 5.32 Å². The highest BCUT2D eigenvalue weighted by atomic mass is 19.1. The van der Waals surface area contributed by atoms with Gasteiger partial charge < -0.3 is 5.32 Å². The second-order valence-corrected chi connectivity index (χ2v) is 4.66. The Morgan fingerprint density at radius 2 is 2.29 bits per heavy atom.